The second-order valence-electron chi connectivity index (χ2n) is 7.10. The number of sulfonamides is 1. The van der Waals surface area contributed by atoms with Crippen molar-refractivity contribution >= 4 is 34.0 Å². The third-order valence-corrected chi connectivity index (χ3v) is 6.63. The van der Waals surface area contributed by atoms with Crippen molar-refractivity contribution in [2.45, 2.75) is 44.3 Å². The Morgan fingerprint density at radius 1 is 1.11 bits per heavy atom. The van der Waals surface area contributed by atoms with Crippen LogP contribution in [0.2, 0.25) is 0 Å². The average molecular weight is 422 g/mol. The molecule has 2 heterocycles. The van der Waals surface area contributed by atoms with Gasteiger partial charge >= 0.3 is 0 Å². The Bertz CT molecular complexity index is 1010. The lowest BCUT2D eigenvalue weighted by Gasteiger charge is -2.29. The van der Waals surface area contributed by atoms with Crippen LogP contribution in [0.5, 0.6) is 0 Å². The van der Waals surface area contributed by atoms with Crippen LogP contribution in [0.25, 0.3) is 0 Å². The molecule has 0 spiro atoms. The predicted octanol–water partition coefficient (Wildman–Crippen LogP) is 2.49. The lowest BCUT2D eigenvalue weighted by molar-refractivity contribution is -0.116. The average Bonchev–Trinajstić information content (AvgIpc) is 3.13. The Hall–Kier alpha value is -1.93. The van der Waals surface area contributed by atoms with Gasteiger partial charge in [-0.3, -0.25) is 4.79 Å². The Balaban J connectivity index is 0.00000225. The summed E-state index contributed by atoms with van der Waals surface area (Å²) >= 11 is 0. The minimum atomic E-state index is -3.66. The van der Waals surface area contributed by atoms with Crippen molar-refractivity contribution in [1.29, 1.82) is 0 Å². The Morgan fingerprint density at radius 3 is 2.64 bits per heavy atom. The third-order valence-electron chi connectivity index (χ3n) is 5.23. The van der Waals surface area contributed by atoms with Crippen LogP contribution in [-0.4, -0.2) is 20.9 Å². The number of carbonyl (C=O) groups excluding carboxylic acids is 1. The minimum absolute atomic E-state index is 0. The second-order valence-corrected chi connectivity index (χ2v) is 8.86. The first-order valence-electron chi connectivity index (χ1n) is 9.16. The van der Waals surface area contributed by atoms with E-state index < -0.39 is 10.0 Å². The van der Waals surface area contributed by atoms with Crippen LogP contribution in [0.4, 0.5) is 5.69 Å². The first kappa shape index (κ1) is 20.8. The van der Waals surface area contributed by atoms with Crippen molar-refractivity contribution < 1.29 is 13.2 Å². The summed E-state index contributed by atoms with van der Waals surface area (Å²) in [5.74, 6) is -0.0646. The summed E-state index contributed by atoms with van der Waals surface area (Å²) in [6, 6.07) is 11.1. The molecule has 28 heavy (non-hydrogen) atoms. The van der Waals surface area contributed by atoms with E-state index in [0.29, 0.717) is 12.2 Å². The molecule has 1 amide bonds. The van der Waals surface area contributed by atoms with E-state index in [2.05, 4.69) is 10.0 Å². The molecule has 0 fully saturated rings. The van der Waals surface area contributed by atoms with Gasteiger partial charge in [-0.25, -0.2) is 13.1 Å². The third kappa shape index (κ3) is 4.07. The van der Waals surface area contributed by atoms with Gasteiger partial charge in [0.25, 0.3) is 0 Å². The first-order valence-corrected chi connectivity index (χ1v) is 10.6. The van der Waals surface area contributed by atoms with E-state index in [-0.39, 0.29) is 29.8 Å². The van der Waals surface area contributed by atoms with E-state index in [1.165, 1.54) is 18.1 Å². The van der Waals surface area contributed by atoms with Crippen LogP contribution < -0.4 is 14.9 Å². The van der Waals surface area contributed by atoms with E-state index in [1.807, 2.05) is 24.3 Å². The normalized spacial score (nSPS) is 15.5. The van der Waals surface area contributed by atoms with Crippen molar-refractivity contribution in [3.63, 3.8) is 0 Å². The van der Waals surface area contributed by atoms with Gasteiger partial charge in [0.15, 0.2) is 0 Å². The van der Waals surface area contributed by atoms with E-state index in [0.717, 1.165) is 37.1 Å². The zero-order valence-corrected chi connectivity index (χ0v) is 17.3. The van der Waals surface area contributed by atoms with Crippen molar-refractivity contribution in [3.8, 4) is 0 Å². The van der Waals surface area contributed by atoms with Crippen molar-refractivity contribution in [2.24, 2.45) is 0 Å². The molecule has 0 saturated carbocycles. The molecule has 4 rings (SSSR count). The van der Waals surface area contributed by atoms with Gasteiger partial charge in [-0.15, -0.1) is 12.4 Å². The lowest BCUT2D eigenvalue weighted by atomic mass is 10.0. The molecule has 2 N–H and O–H groups in total. The molecule has 8 heteroatoms. The Labute approximate surface area is 171 Å². The summed E-state index contributed by atoms with van der Waals surface area (Å²) in [5.41, 5.74) is 5.14. The number of hydrogen-bond acceptors (Lipinski definition) is 4. The minimum Gasteiger partial charge on any atom is -0.312 e. The van der Waals surface area contributed by atoms with E-state index in [4.69, 9.17) is 0 Å². The topological polar surface area (TPSA) is 78.5 Å². The highest BCUT2D eigenvalue weighted by atomic mass is 35.5. The molecular formula is C20H24ClN3O3S. The maximum absolute atomic E-state index is 12.8. The van der Waals surface area contributed by atoms with Gasteiger partial charge in [0.2, 0.25) is 15.9 Å². The summed E-state index contributed by atoms with van der Waals surface area (Å²) in [4.78, 5) is 13.7. The summed E-state index contributed by atoms with van der Waals surface area (Å²) in [5, 5.41) is 3.28. The van der Waals surface area contributed by atoms with Crippen molar-refractivity contribution in [2.75, 3.05) is 11.4 Å². The number of nitrogens with one attached hydrogen (secondary N) is 2. The molecule has 2 aromatic rings. The lowest BCUT2D eigenvalue weighted by Crippen LogP contribution is -2.34. The number of carbonyl (C=O) groups is 1. The fourth-order valence-corrected chi connectivity index (χ4v) is 4.81. The number of amides is 1. The number of anilines is 1. The molecule has 150 valence electrons. The number of halogens is 1. The fourth-order valence-electron chi connectivity index (χ4n) is 3.77. The van der Waals surface area contributed by atoms with Crippen LogP contribution in [0.1, 0.15) is 35.6 Å². The number of hydrogen-bond donors (Lipinski definition) is 2. The number of rotatable bonds is 4. The number of nitrogens with zero attached hydrogens (tertiary/aromatic N) is 1. The molecule has 0 bridgehead atoms. The molecule has 6 nitrogen and oxygen atoms in total. The predicted molar refractivity (Wildman–Crippen MR) is 111 cm³/mol. The number of aryl methyl sites for hydroxylation is 1. The molecule has 0 atom stereocenters. The summed E-state index contributed by atoms with van der Waals surface area (Å²) in [6.07, 6.45) is 1.75. The largest absolute Gasteiger partial charge is 0.312 e. The van der Waals surface area contributed by atoms with Crippen LogP contribution >= 0.6 is 12.4 Å². The monoisotopic (exact) mass is 421 g/mol. The standard InChI is InChI=1S/C20H23N3O3S.ClH/c1-14(24)23-8-2-3-16-6-7-19(10-20(16)23)27(25,26)22-11-15-4-5-17-12-21-13-18(17)9-15;/h4-7,9-10,21-22H,2-3,8,11-13H2,1H3;1H. The maximum Gasteiger partial charge on any atom is 0.240 e. The van der Waals surface area contributed by atoms with Crippen LogP contribution in [0.3, 0.4) is 0 Å². The fraction of sp³-hybridized carbons (Fsp3) is 0.350. The smallest absolute Gasteiger partial charge is 0.240 e. The molecule has 0 aliphatic carbocycles. The number of fused-ring (bicyclic) bond motifs is 2. The highest BCUT2D eigenvalue weighted by Crippen LogP contribution is 2.30. The van der Waals surface area contributed by atoms with Gasteiger partial charge < -0.3 is 10.2 Å². The Morgan fingerprint density at radius 2 is 1.86 bits per heavy atom. The van der Waals surface area contributed by atoms with E-state index in [1.54, 1.807) is 17.0 Å². The van der Waals surface area contributed by atoms with Gasteiger partial charge in [-0.1, -0.05) is 24.3 Å². The van der Waals surface area contributed by atoms with Crippen LogP contribution in [0, 0.1) is 0 Å². The van der Waals surface area contributed by atoms with Crippen LogP contribution in [0.15, 0.2) is 41.3 Å². The zero-order valence-electron chi connectivity index (χ0n) is 15.7. The maximum atomic E-state index is 12.8. The highest BCUT2D eigenvalue weighted by molar-refractivity contribution is 7.89. The zero-order chi connectivity index (χ0) is 19.0. The van der Waals surface area contributed by atoms with Gasteiger partial charge in [-0.2, -0.15) is 0 Å². The molecule has 2 aliphatic rings. The molecule has 2 aromatic carbocycles. The summed E-state index contributed by atoms with van der Waals surface area (Å²) in [7, 11) is -3.66. The summed E-state index contributed by atoms with van der Waals surface area (Å²) < 4.78 is 28.2. The SMILES string of the molecule is CC(=O)N1CCCc2ccc(S(=O)(=O)NCc3ccc4c(c3)CNC4)cc21.Cl. The molecule has 2 aliphatic heterocycles. The van der Waals surface area contributed by atoms with Gasteiger partial charge in [0, 0.05) is 38.8 Å². The first-order chi connectivity index (χ1) is 12.9. The van der Waals surface area contributed by atoms with Gasteiger partial charge in [-0.05, 0) is 47.2 Å². The molecule has 0 radical (unpaired) electrons. The van der Waals surface area contributed by atoms with Gasteiger partial charge in [0.05, 0.1) is 4.90 Å². The molecule has 0 saturated heterocycles. The second kappa shape index (κ2) is 8.21. The van der Waals surface area contributed by atoms with Gasteiger partial charge in [0.1, 0.15) is 0 Å². The highest BCUT2D eigenvalue weighted by Gasteiger charge is 2.23. The molecule has 0 aromatic heterocycles. The summed E-state index contributed by atoms with van der Waals surface area (Å²) in [6.45, 7) is 4.06. The van der Waals surface area contributed by atoms with Crippen molar-refractivity contribution in [3.05, 3.63) is 58.7 Å². The molecular weight excluding hydrogens is 398 g/mol. The Kier molecular flexibility index (Phi) is 6.09. The van der Waals surface area contributed by atoms with Crippen LogP contribution in [-0.2, 0) is 40.9 Å². The molecule has 0 unspecified atom stereocenters. The van der Waals surface area contributed by atoms with E-state index in [9.17, 15) is 13.2 Å². The van der Waals surface area contributed by atoms with E-state index >= 15 is 0 Å². The number of benzene rings is 2. The van der Waals surface area contributed by atoms with Crippen molar-refractivity contribution in [1.82, 2.24) is 10.0 Å². The quantitative estimate of drug-likeness (QED) is 0.795.